The van der Waals surface area contributed by atoms with Gasteiger partial charge in [0.2, 0.25) is 11.6 Å². The number of ether oxygens (including phenoxy) is 2. The van der Waals surface area contributed by atoms with Crippen molar-refractivity contribution in [1.82, 2.24) is 20.3 Å². The number of hydrogen-bond acceptors (Lipinski definition) is 7. The van der Waals surface area contributed by atoms with Crippen molar-refractivity contribution in [3.8, 4) is 17.8 Å². The maximum atomic E-state index is 12.3. The lowest BCUT2D eigenvalue weighted by atomic mass is 9.92. The van der Waals surface area contributed by atoms with Crippen LogP contribution >= 0.6 is 0 Å². The lowest BCUT2D eigenvalue weighted by molar-refractivity contribution is 0.0889. The third-order valence-electron chi connectivity index (χ3n) is 4.27. The first kappa shape index (κ1) is 17.6. The predicted molar refractivity (Wildman–Crippen MR) is 91.7 cm³/mol. The largest absolute Gasteiger partial charge is 0.481 e. The maximum Gasteiger partial charge on any atom is 0.253 e. The van der Waals surface area contributed by atoms with Crippen LogP contribution in [-0.4, -0.2) is 40.1 Å². The van der Waals surface area contributed by atoms with Crippen LogP contribution in [-0.2, 0) is 0 Å². The van der Waals surface area contributed by atoms with Crippen LogP contribution in [0.4, 0.5) is 0 Å². The molecule has 0 atom stereocenters. The molecule has 0 radical (unpaired) electrons. The maximum absolute atomic E-state index is 12.3. The molecule has 0 aliphatic heterocycles. The number of rotatable bonds is 5. The second-order valence-corrected chi connectivity index (χ2v) is 5.98. The van der Waals surface area contributed by atoms with Gasteiger partial charge in [-0.15, -0.1) is 0 Å². The Bertz CT molecular complexity index is 795. The van der Waals surface area contributed by atoms with Gasteiger partial charge < -0.3 is 14.8 Å². The SMILES string of the molecule is COc1ccc(C(=O)NC2CCC(Oc3nccnc3C#N)CC2)cn1. The molecule has 0 spiro atoms. The molecule has 3 rings (SSSR count). The van der Waals surface area contributed by atoms with Gasteiger partial charge in [0.15, 0.2) is 0 Å². The first-order chi connectivity index (χ1) is 12.7. The van der Waals surface area contributed by atoms with E-state index >= 15 is 0 Å². The van der Waals surface area contributed by atoms with Crippen molar-refractivity contribution in [2.45, 2.75) is 37.8 Å². The average Bonchev–Trinajstić information content (AvgIpc) is 2.70. The van der Waals surface area contributed by atoms with Crippen LogP contribution in [0.1, 0.15) is 41.7 Å². The van der Waals surface area contributed by atoms with Crippen LogP contribution in [0.25, 0.3) is 0 Å². The van der Waals surface area contributed by atoms with Gasteiger partial charge in [-0.1, -0.05) is 0 Å². The summed E-state index contributed by atoms with van der Waals surface area (Å²) in [5.74, 6) is 0.594. The van der Waals surface area contributed by atoms with E-state index in [2.05, 4.69) is 20.3 Å². The van der Waals surface area contributed by atoms with Crippen molar-refractivity contribution < 1.29 is 14.3 Å². The zero-order chi connectivity index (χ0) is 18.4. The standard InChI is InChI=1S/C18H19N5O3/c1-25-16-7-2-12(11-22-16)17(24)23-13-3-5-14(6-4-13)26-18-15(10-19)20-8-9-21-18/h2,7-9,11,13-14H,3-6H2,1H3,(H,23,24). The highest BCUT2D eigenvalue weighted by Crippen LogP contribution is 2.24. The van der Waals surface area contributed by atoms with E-state index in [-0.39, 0.29) is 29.6 Å². The number of methoxy groups -OCH3 is 1. The quantitative estimate of drug-likeness (QED) is 0.873. The lowest BCUT2D eigenvalue weighted by Gasteiger charge is -2.29. The normalized spacial score (nSPS) is 19.2. The molecule has 0 bridgehead atoms. The van der Waals surface area contributed by atoms with Crippen molar-refractivity contribution >= 4 is 5.91 Å². The van der Waals surface area contributed by atoms with Crippen molar-refractivity contribution in [3.63, 3.8) is 0 Å². The van der Waals surface area contributed by atoms with Gasteiger partial charge in [-0.25, -0.2) is 15.0 Å². The molecule has 0 unspecified atom stereocenters. The molecule has 1 aliphatic rings. The van der Waals surface area contributed by atoms with E-state index in [1.54, 1.807) is 12.1 Å². The zero-order valence-electron chi connectivity index (χ0n) is 14.4. The van der Waals surface area contributed by atoms with E-state index in [0.29, 0.717) is 11.4 Å². The Kier molecular flexibility index (Phi) is 5.59. The molecule has 2 aromatic heterocycles. The van der Waals surface area contributed by atoms with Gasteiger partial charge in [0.1, 0.15) is 12.2 Å². The first-order valence-corrected chi connectivity index (χ1v) is 8.38. The molecule has 1 aliphatic carbocycles. The summed E-state index contributed by atoms with van der Waals surface area (Å²) in [6.45, 7) is 0. The van der Waals surface area contributed by atoms with Gasteiger partial charge in [-0.3, -0.25) is 4.79 Å². The zero-order valence-corrected chi connectivity index (χ0v) is 14.4. The minimum atomic E-state index is -0.148. The number of pyridine rings is 1. The third kappa shape index (κ3) is 4.25. The Morgan fingerprint density at radius 3 is 2.62 bits per heavy atom. The number of aromatic nitrogens is 3. The van der Waals surface area contributed by atoms with Gasteiger partial charge in [0.05, 0.1) is 12.7 Å². The highest BCUT2D eigenvalue weighted by molar-refractivity contribution is 5.94. The molecule has 1 amide bonds. The van der Waals surface area contributed by atoms with Gasteiger partial charge in [-0.2, -0.15) is 5.26 Å². The van der Waals surface area contributed by atoms with E-state index < -0.39 is 0 Å². The van der Waals surface area contributed by atoms with E-state index in [4.69, 9.17) is 14.7 Å². The summed E-state index contributed by atoms with van der Waals surface area (Å²) < 4.78 is 10.8. The molecule has 26 heavy (non-hydrogen) atoms. The topological polar surface area (TPSA) is 110 Å². The molecular formula is C18H19N5O3. The Morgan fingerprint density at radius 1 is 1.19 bits per heavy atom. The highest BCUT2D eigenvalue weighted by atomic mass is 16.5. The van der Waals surface area contributed by atoms with Crippen molar-refractivity contribution in [2.24, 2.45) is 0 Å². The molecule has 0 saturated heterocycles. The van der Waals surface area contributed by atoms with Crippen molar-refractivity contribution in [2.75, 3.05) is 7.11 Å². The summed E-state index contributed by atoms with van der Waals surface area (Å²) in [5, 5.41) is 12.1. The molecule has 2 heterocycles. The van der Waals surface area contributed by atoms with Gasteiger partial charge >= 0.3 is 0 Å². The molecular weight excluding hydrogens is 334 g/mol. The Morgan fingerprint density at radius 2 is 1.96 bits per heavy atom. The summed E-state index contributed by atoms with van der Waals surface area (Å²) in [7, 11) is 1.53. The molecule has 8 nitrogen and oxygen atoms in total. The van der Waals surface area contributed by atoms with Gasteiger partial charge in [0, 0.05) is 30.7 Å². The average molecular weight is 353 g/mol. The summed E-state index contributed by atoms with van der Waals surface area (Å²) in [6.07, 6.45) is 7.57. The number of amides is 1. The molecule has 134 valence electrons. The summed E-state index contributed by atoms with van der Waals surface area (Å²) in [4.78, 5) is 24.3. The molecule has 1 N–H and O–H groups in total. The van der Waals surface area contributed by atoms with Crippen LogP contribution in [0.5, 0.6) is 11.8 Å². The summed E-state index contributed by atoms with van der Waals surface area (Å²) in [6, 6.07) is 5.41. The van der Waals surface area contributed by atoms with Gasteiger partial charge in [0.25, 0.3) is 11.8 Å². The predicted octanol–water partition coefficient (Wildman–Crippen LogP) is 1.87. The summed E-state index contributed by atoms with van der Waals surface area (Å²) >= 11 is 0. The Labute approximate surface area is 151 Å². The van der Waals surface area contributed by atoms with Crippen LogP contribution in [0, 0.1) is 11.3 Å². The molecule has 8 heteroatoms. The minimum absolute atomic E-state index is 0.0328. The van der Waals surface area contributed by atoms with Crippen LogP contribution in [0.2, 0.25) is 0 Å². The number of hydrogen-bond donors (Lipinski definition) is 1. The number of nitrogens with one attached hydrogen (secondary N) is 1. The monoisotopic (exact) mass is 353 g/mol. The van der Waals surface area contributed by atoms with Gasteiger partial charge in [-0.05, 0) is 31.7 Å². The smallest absolute Gasteiger partial charge is 0.253 e. The van der Waals surface area contributed by atoms with Crippen LogP contribution < -0.4 is 14.8 Å². The van der Waals surface area contributed by atoms with E-state index in [1.807, 2.05) is 6.07 Å². The Hall–Kier alpha value is -3.21. The minimum Gasteiger partial charge on any atom is -0.481 e. The molecule has 1 saturated carbocycles. The fourth-order valence-corrected chi connectivity index (χ4v) is 2.88. The van der Waals surface area contributed by atoms with Crippen LogP contribution in [0.15, 0.2) is 30.7 Å². The number of nitriles is 1. The second kappa shape index (κ2) is 8.25. The van der Waals surface area contributed by atoms with E-state index in [9.17, 15) is 4.79 Å². The van der Waals surface area contributed by atoms with Crippen LogP contribution in [0.3, 0.4) is 0 Å². The fourth-order valence-electron chi connectivity index (χ4n) is 2.88. The lowest BCUT2D eigenvalue weighted by Crippen LogP contribution is -2.39. The van der Waals surface area contributed by atoms with E-state index in [0.717, 1.165) is 25.7 Å². The fraction of sp³-hybridized carbons (Fsp3) is 0.389. The number of nitrogens with zero attached hydrogens (tertiary/aromatic N) is 4. The second-order valence-electron chi connectivity index (χ2n) is 5.98. The first-order valence-electron chi connectivity index (χ1n) is 8.38. The van der Waals surface area contributed by atoms with E-state index in [1.165, 1.54) is 25.7 Å². The number of carbonyl (C=O) groups is 1. The molecule has 0 aromatic carbocycles. The Balaban J connectivity index is 1.50. The van der Waals surface area contributed by atoms with Crippen molar-refractivity contribution in [1.29, 1.82) is 5.26 Å². The highest BCUT2D eigenvalue weighted by Gasteiger charge is 2.25. The summed E-state index contributed by atoms with van der Waals surface area (Å²) in [5.41, 5.74) is 0.692. The number of carbonyl (C=O) groups excluding carboxylic acids is 1. The third-order valence-corrected chi connectivity index (χ3v) is 4.27. The molecule has 2 aromatic rings. The van der Waals surface area contributed by atoms with Crippen molar-refractivity contribution in [3.05, 3.63) is 42.0 Å². The molecule has 1 fully saturated rings.